The molecule has 1 unspecified atom stereocenters. The number of hydrogen-bond donors (Lipinski definition) is 1. The SMILES string of the molecule is CCC(CCC#CI)OC(N)=O. The van der Waals surface area contributed by atoms with Crippen molar-refractivity contribution >= 4 is 28.7 Å². The Hall–Kier alpha value is -0.440. The van der Waals surface area contributed by atoms with Crippen molar-refractivity contribution in [3.63, 3.8) is 0 Å². The molecular formula is C8H12INO2. The van der Waals surface area contributed by atoms with Gasteiger partial charge in [-0.3, -0.25) is 0 Å². The molecule has 0 aromatic carbocycles. The number of halogens is 1. The standard InChI is InChI=1S/C8H12INO2/c1-2-7(12-8(10)11)5-3-4-6-9/h7H,2-3,5H2,1H3,(H2,10,11). The van der Waals surface area contributed by atoms with Crippen LogP contribution < -0.4 is 5.73 Å². The lowest BCUT2D eigenvalue weighted by Gasteiger charge is -2.12. The molecule has 0 spiro atoms. The molecule has 2 N–H and O–H groups in total. The van der Waals surface area contributed by atoms with Gasteiger partial charge >= 0.3 is 6.09 Å². The van der Waals surface area contributed by atoms with Crippen LogP contribution in [0.1, 0.15) is 26.2 Å². The predicted molar refractivity (Wildman–Crippen MR) is 55.8 cm³/mol. The molecule has 1 amide bonds. The van der Waals surface area contributed by atoms with E-state index in [1.807, 2.05) is 29.5 Å². The second kappa shape index (κ2) is 7.22. The van der Waals surface area contributed by atoms with Gasteiger partial charge in [-0.1, -0.05) is 12.8 Å². The molecule has 0 aliphatic heterocycles. The fourth-order valence-corrected chi connectivity index (χ4v) is 1.06. The molecule has 68 valence electrons. The zero-order chi connectivity index (χ0) is 9.40. The molecule has 0 saturated carbocycles. The van der Waals surface area contributed by atoms with E-state index in [4.69, 9.17) is 10.5 Å². The fraction of sp³-hybridized carbons (Fsp3) is 0.625. The van der Waals surface area contributed by atoms with Gasteiger partial charge < -0.3 is 10.5 Å². The van der Waals surface area contributed by atoms with Crippen molar-refractivity contribution in [2.24, 2.45) is 5.73 Å². The van der Waals surface area contributed by atoms with E-state index < -0.39 is 6.09 Å². The highest BCUT2D eigenvalue weighted by Crippen LogP contribution is 2.05. The monoisotopic (exact) mass is 281 g/mol. The molecule has 0 radical (unpaired) electrons. The number of amides is 1. The molecule has 0 aliphatic carbocycles. The van der Waals surface area contributed by atoms with Crippen molar-refractivity contribution < 1.29 is 9.53 Å². The summed E-state index contributed by atoms with van der Waals surface area (Å²) in [6.45, 7) is 1.95. The number of rotatable bonds is 4. The van der Waals surface area contributed by atoms with Gasteiger partial charge in [0.15, 0.2) is 0 Å². The smallest absolute Gasteiger partial charge is 0.404 e. The number of carbonyl (C=O) groups excluding carboxylic acids is 1. The zero-order valence-electron chi connectivity index (χ0n) is 6.97. The summed E-state index contributed by atoms with van der Waals surface area (Å²) >= 11 is 1.98. The van der Waals surface area contributed by atoms with Crippen LogP contribution in [0.2, 0.25) is 0 Å². The summed E-state index contributed by atoms with van der Waals surface area (Å²) in [6.07, 6.45) is 1.50. The first-order valence-corrected chi connectivity index (χ1v) is 4.83. The second-order valence-corrected chi connectivity index (χ2v) is 2.82. The van der Waals surface area contributed by atoms with Crippen LogP contribution in [0, 0.1) is 9.85 Å². The Balaban J connectivity index is 3.64. The van der Waals surface area contributed by atoms with E-state index in [0.717, 1.165) is 19.3 Å². The Morgan fingerprint density at radius 3 is 2.83 bits per heavy atom. The molecule has 0 aromatic rings. The van der Waals surface area contributed by atoms with Crippen molar-refractivity contribution in [2.75, 3.05) is 0 Å². The topological polar surface area (TPSA) is 52.3 Å². The van der Waals surface area contributed by atoms with Gasteiger partial charge in [0.25, 0.3) is 0 Å². The summed E-state index contributed by atoms with van der Waals surface area (Å²) in [5, 5.41) is 0. The lowest BCUT2D eigenvalue weighted by atomic mass is 10.1. The fourth-order valence-electron chi connectivity index (χ4n) is 0.791. The first-order chi connectivity index (χ1) is 5.70. The average molecular weight is 281 g/mol. The van der Waals surface area contributed by atoms with E-state index in [2.05, 4.69) is 9.85 Å². The molecule has 0 saturated heterocycles. The Bertz CT molecular complexity index is 195. The quantitative estimate of drug-likeness (QED) is 0.633. The van der Waals surface area contributed by atoms with E-state index in [9.17, 15) is 4.79 Å². The van der Waals surface area contributed by atoms with E-state index in [-0.39, 0.29) is 6.10 Å². The minimum Gasteiger partial charge on any atom is -0.446 e. The third-order valence-corrected chi connectivity index (χ3v) is 1.78. The summed E-state index contributed by atoms with van der Waals surface area (Å²) in [5.74, 6) is 2.89. The first-order valence-electron chi connectivity index (χ1n) is 3.75. The largest absolute Gasteiger partial charge is 0.446 e. The summed E-state index contributed by atoms with van der Waals surface area (Å²) in [6, 6.07) is 0. The maximum atomic E-state index is 10.4. The van der Waals surface area contributed by atoms with Crippen molar-refractivity contribution in [3.8, 4) is 9.85 Å². The maximum absolute atomic E-state index is 10.4. The van der Waals surface area contributed by atoms with Crippen molar-refractivity contribution in [1.82, 2.24) is 0 Å². The second-order valence-electron chi connectivity index (χ2n) is 2.28. The highest BCUT2D eigenvalue weighted by Gasteiger charge is 2.07. The molecule has 0 fully saturated rings. The predicted octanol–water partition coefficient (Wildman–Crippen LogP) is 2.04. The Kier molecular flexibility index (Phi) is 6.96. The molecule has 4 heteroatoms. The van der Waals surface area contributed by atoms with Gasteiger partial charge in [-0.25, -0.2) is 4.79 Å². The molecule has 0 aromatic heterocycles. The normalized spacial score (nSPS) is 11.2. The van der Waals surface area contributed by atoms with Gasteiger partial charge in [0.05, 0.1) is 0 Å². The van der Waals surface area contributed by atoms with Crippen LogP contribution in [-0.4, -0.2) is 12.2 Å². The number of hydrogen-bond acceptors (Lipinski definition) is 2. The van der Waals surface area contributed by atoms with Gasteiger partial charge in [0, 0.05) is 29.0 Å². The van der Waals surface area contributed by atoms with Crippen LogP contribution in [0.5, 0.6) is 0 Å². The summed E-state index contributed by atoms with van der Waals surface area (Å²) in [7, 11) is 0. The lowest BCUT2D eigenvalue weighted by molar-refractivity contribution is 0.0996. The van der Waals surface area contributed by atoms with Crippen LogP contribution >= 0.6 is 22.6 Å². The minimum absolute atomic E-state index is 0.0836. The van der Waals surface area contributed by atoms with Crippen LogP contribution in [0.25, 0.3) is 0 Å². The molecule has 0 heterocycles. The van der Waals surface area contributed by atoms with E-state index in [1.54, 1.807) is 0 Å². The first kappa shape index (κ1) is 11.6. The van der Waals surface area contributed by atoms with Crippen LogP contribution in [0.4, 0.5) is 4.79 Å². The summed E-state index contributed by atoms with van der Waals surface area (Å²) in [5.41, 5.74) is 4.87. The maximum Gasteiger partial charge on any atom is 0.404 e. The summed E-state index contributed by atoms with van der Waals surface area (Å²) in [4.78, 5) is 10.4. The number of primary amides is 1. The molecular weight excluding hydrogens is 269 g/mol. The zero-order valence-corrected chi connectivity index (χ0v) is 9.13. The van der Waals surface area contributed by atoms with Gasteiger partial charge in [-0.2, -0.15) is 0 Å². The molecule has 0 aliphatic rings. The molecule has 0 rings (SSSR count). The Labute approximate surface area is 86.2 Å². The van der Waals surface area contributed by atoms with Crippen molar-refractivity contribution in [1.29, 1.82) is 0 Å². The van der Waals surface area contributed by atoms with Gasteiger partial charge in [-0.15, -0.1) is 0 Å². The van der Waals surface area contributed by atoms with Gasteiger partial charge in [0.1, 0.15) is 6.10 Å². The van der Waals surface area contributed by atoms with E-state index >= 15 is 0 Å². The van der Waals surface area contributed by atoms with Crippen molar-refractivity contribution in [2.45, 2.75) is 32.3 Å². The average Bonchev–Trinajstić information content (AvgIpc) is 2.02. The molecule has 1 atom stereocenters. The van der Waals surface area contributed by atoms with E-state index in [0.29, 0.717) is 0 Å². The minimum atomic E-state index is -0.704. The van der Waals surface area contributed by atoms with Crippen LogP contribution in [0.3, 0.4) is 0 Å². The third kappa shape index (κ3) is 6.28. The number of carbonyl (C=O) groups is 1. The molecule has 0 bridgehead atoms. The molecule has 12 heavy (non-hydrogen) atoms. The summed E-state index contributed by atoms with van der Waals surface area (Å²) < 4.78 is 7.56. The third-order valence-electron chi connectivity index (χ3n) is 1.40. The Morgan fingerprint density at radius 2 is 2.42 bits per heavy atom. The van der Waals surface area contributed by atoms with Gasteiger partial charge in [0.2, 0.25) is 0 Å². The van der Waals surface area contributed by atoms with Gasteiger partial charge in [-0.05, 0) is 16.8 Å². The molecule has 3 nitrogen and oxygen atoms in total. The lowest BCUT2D eigenvalue weighted by Crippen LogP contribution is -2.21. The number of ether oxygens (including phenoxy) is 1. The van der Waals surface area contributed by atoms with Crippen LogP contribution in [0.15, 0.2) is 0 Å². The van der Waals surface area contributed by atoms with Crippen molar-refractivity contribution in [3.05, 3.63) is 0 Å². The number of nitrogens with two attached hydrogens (primary N) is 1. The highest BCUT2D eigenvalue weighted by molar-refractivity contribution is 14.1. The highest BCUT2D eigenvalue weighted by atomic mass is 127. The van der Waals surface area contributed by atoms with E-state index in [1.165, 1.54) is 0 Å². The van der Waals surface area contributed by atoms with Crippen LogP contribution in [-0.2, 0) is 4.74 Å². The Morgan fingerprint density at radius 1 is 1.75 bits per heavy atom.